The van der Waals surface area contributed by atoms with E-state index in [1.807, 2.05) is 11.8 Å². The van der Waals surface area contributed by atoms with Crippen molar-refractivity contribution in [1.29, 1.82) is 0 Å². The van der Waals surface area contributed by atoms with Gasteiger partial charge in [-0.25, -0.2) is 0 Å². The van der Waals surface area contributed by atoms with Crippen LogP contribution >= 0.6 is 11.6 Å². The molecule has 1 aliphatic heterocycles. The summed E-state index contributed by atoms with van der Waals surface area (Å²) >= 11 is 5.50. The van der Waals surface area contributed by atoms with E-state index in [1.165, 1.54) is 0 Å². The number of hydrogen-bond acceptors (Lipinski definition) is 2. The topological polar surface area (TPSA) is 46.3 Å². The normalized spacial score (nSPS) is 24.8. The summed E-state index contributed by atoms with van der Waals surface area (Å²) in [5, 5.41) is 0. The molecule has 1 unspecified atom stereocenters. The highest BCUT2D eigenvalue weighted by Crippen LogP contribution is 2.19. The van der Waals surface area contributed by atoms with Crippen molar-refractivity contribution >= 4 is 17.5 Å². The van der Waals surface area contributed by atoms with E-state index < -0.39 is 0 Å². The number of carbonyl (C=O) groups excluding carboxylic acids is 1. The van der Waals surface area contributed by atoms with Gasteiger partial charge in [-0.05, 0) is 19.3 Å². The number of alkyl halides is 1. The van der Waals surface area contributed by atoms with Crippen LogP contribution in [-0.2, 0) is 4.79 Å². The zero-order chi connectivity index (χ0) is 9.84. The summed E-state index contributed by atoms with van der Waals surface area (Å²) in [5.74, 6) is 1.05. The molecular weight excluding hydrogens is 188 g/mol. The molecule has 0 saturated carbocycles. The van der Waals surface area contributed by atoms with Gasteiger partial charge in [-0.1, -0.05) is 0 Å². The maximum absolute atomic E-state index is 11.4. The van der Waals surface area contributed by atoms with Crippen molar-refractivity contribution in [2.75, 3.05) is 19.0 Å². The lowest BCUT2D eigenvalue weighted by atomic mass is 10.0. The molecular formula is C9H17ClN2O. The zero-order valence-electron chi connectivity index (χ0n) is 8.00. The Morgan fingerprint density at radius 3 is 2.92 bits per heavy atom. The Hall–Kier alpha value is -0.280. The van der Waals surface area contributed by atoms with Crippen molar-refractivity contribution in [2.45, 2.75) is 25.8 Å². The van der Waals surface area contributed by atoms with Crippen molar-refractivity contribution < 1.29 is 4.79 Å². The summed E-state index contributed by atoms with van der Waals surface area (Å²) in [7, 11) is 0. The van der Waals surface area contributed by atoms with Crippen LogP contribution in [0.5, 0.6) is 0 Å². The number of halogens is 1. The highest BCUT2D eigenvalue weighted by molar-refractivity contribution is 6.18. The minimum absolute atomic E-state index is 0.165. The molecule has 0 aliphatic carbocycles. The van der Waals surface area contributed by atoms with E-state index in [-0.39, 0.29) is 11.9 Å². The first-order chi connectivity index (χ1) is 6.15. The third kappa shape index (κ3) is 2.85. The molecule has 1 saturated heterocycles. The SMILES string of the molecule is CC(N)[C@H]1CCN(C(=O)CCCl)C1. The highest BCUT2D eigenvalue weighted by Gasteiger charge is 2.27. The number of rotatable bonds is 3. The molecule has 2 N–H and O–H groups in total. The second kappa shape index (κ2) is 4.82. The van der Waals surface area contributed by atoms with Gasteiger partial charge >= 0.3 is 0 Å². The van der Waals surface area contributed by atoms with Gasteiger partial charge in [0.1, 0.15) is 0 Å². The molecule has 1 aliphatic rings. The number of carbonyl (C=O) groups is 1. The van der Waals surface area contributed by atoms with Crippen molar-refractivity contribution in [1.82, 2.24) is 4.90 Å². The van der Waals surface area contributed by atoms with Crippen LogP contribution in [0.15, 0.2) is 0 Å². The summed E-state index contributed by atoms with van der Waals surface area (Å²) in [5.41, 5.74) is 5.77. The Bertz CT molecular complexity index is 184. The van der Waals surface area contributed by atoms with Crippen LogP contribution in [0.3, 0.4) is 0 Å². The van der Waals surface area contributed by atoms with E-state index >= 15 is 0 Å². The van der Waals surface area contributed by atoms with Gasteiger partial charge in [0, 0.05) is 31.4 Å². The predicted molar refractivity (Wildman–Crippen MR) is 53.7 cm³/mol. The lowest BCUT2D eigenvalue weighted by Crippen LogP contribution is -2.33. The molecule has 0 radical (unpaired) electrons. The molecule has 0 aromatic heterocycles. The Kier molecular flexibility index (Phi) is 4.00. The third-order valence-corrected chi connectivity index (χ3v) is 2.82. The maximum Gasteiger partial charge on any atom is 0.223 e. The fourth-order valence-electron chi connectivity index (χ4n) is 1.68. The van der Waals surface area contributed by atoms with Gasteiger partial charge in [-0.15, -0.1) is 11.6 Å². The van der Waals surface area contributed by atoms with Crippen LogP contribution < -0.4 is 5.73 Å². The standard InChI is InChI=1S/C9H17ClN2O/c1-7(11)8-3-5-12(6-8)9(13)2-4-10/h7-8H,2-6,11H2,1H3/t7?,8-/m0/s1. The predicted octanol–water partition coefficient (Wildman–Crippen LogP) is 0.811. The number of nitrogens with two attached hydrogens (primary N) is 1. The van der Waals surface area contributed by atoms with Crippen LogP contribution in [0, 0.1) is 5.92 Å². The lowest BCUT2D eigenvalue weighted by molar-refractivity contribution is -0.129. The monoisotopic (exact) mass is 204 g/mol. The van der Waals surface area contributed by atoms with E-state index in [1.54, 1.807) is 0 Å². The van der Waals surface area contributed by atoms with E-state index in [0.29, 0.717) is 18.2 Å². The Labute approximate surface area is 84.2 Å². The molecule has 0 aromatic rings. The molecule has 1 heterocycles. The number of amides is 1. The molecule has 13 heavy (non-hydrogen) atoms. The largest absolute Gasteiger partial charge is 0.342 e. The van der Waals surface area contributed by atoms with Crippen molar-refractivity contribution in [3.05, 3.63) is 0 Å². The lowest BCUT2D eigenvalue weighted by Gasteiger charge is -2.17. The second-order valence-corrected chi connectivity index (χ2v) is 4.06. The average Bonchev–Trinajstić information content (AvgIpc) is 2.52. The molecule has 4 heteroatoms. The fourth-order valence-corrected chi connectivity index (χ4v) is 1.84. The van der Waals surface area contributed by atoms with Crippen LogP contribution in [0.4, 0.5) is 0 Å². The van der Waals surface area contributed by atoms with E-state index in [2.05, 4.69) is 0 Å². The van der Waals surface area contributed by atoms with Gasteiger partial charge in [-0.3, -0.25) is 4.79 Å². The summed E-state index contributed by atoms with van der Waals surface area (Å²) < 4.78 is 0. The van der Waals surface area contributed by atoms with Crippen LogP contribution in [0.25, 0.3) is 0 Å². The fraction of sp³-hybridized carbons (Fsp3) is 0.889. The van der Waals surface area contributed by atoms with Crippen molar-refractivity contribution in [3.8, 4) is 0 Å². The third-order valence-electron chi connectivity index (χ3n) is 2.63. The summed E-state index contributed by atoms with van der Waals surface area (Å²) in [6.07, 6.45) is 1.49. The summed E-state index contributed by atoms with van der Waals surface area (Å²) in [6, 6.07) is 0.189. The van der Waals surface area contributed by atoms with Crippen LogP contribution in [-0.4, -0.2) is 35.8 Å². The Balaban J connectivity index is 2.36. The van der Waals surface area contributed by atoms with Gasteiger partial charge in [0.15, 0.2) is 0 Å². The molecule has 3 nitrogen and oxygen atoms in total. The van der Waals surface area contributed by atoms with Crippen molar-refractivity contribution in [2.24, 2.45) is 11.7 Å². The van der Waals surface area contributed by atoms with Gasteiger partial charge in [0.25, 0.3) is 0 Å². The molecule has 0 bridgehead atoms. The Morgan fingerprint density at radius 1 is 1.77 bits per heavy atom. The zero-order valence-corrected chi connectivity index (χ0v) is 8.76. The Morgan fingerprint density at radius 2 is 2.46 bits per heavy atom. The minimum atomic E-state index is 0.165. The summed E-state index contributed by atoms with van der Waals surface area (Å²) in [6.45, 7) is 3.66. The molecule has 1 rings (SSSR count). The second-order valence-electron chi connectivity index (χ2n) is 3.69. The van der Waals surface area contributed by atoms with Crippen LogP contribution in [0.2, 0.25) is 0 Å². The number of likely N-dealkylation sites (tertiary alicyclic amines) is 1. The van der Waals surface area contributed by atoms with Gasteiger partial charge in [0.2, 0.25) is 5.91 Å². The average molecular weight is 205 g/mol. The molecule has 1 fully saturated rings. The molecule has 76 valence electrons. The minimum Gasteiger partial charge on any atom is -0.342 e. The highest BCUT2D eigenvalue weighted by atomic mass is 35.5. The smallest absolute Gasteiger partial charge is 0.223 e. The van der Waals surface area contributed by atoms with Crippen LogP contribution in [0.1, 0.15) is 19.8 Å². The molecule has 1 amide bonds. The first-order valence-corrected chi connectivity index (χ1v) is 5.28. The first-order valence-electron chi connectivity index (χ1n) is 4.74. The number of nitrogens with zero attached hydrogens (tertiary/aromatic N) is 1. The van der Waals surface area contributed by atoms with Gasteiger partial charge < -0.3 is 10.6 Å². The van der Waals surface area contributed by atoms with E-state index in [4.69, 9.17) is 17.3 Å². The van der Waals surface area contributed by atoms with E-state index in [9.17, 15) is 4.79 Å². The maximum atomic E-state index is 11.4. The quantitative estimate of drug-likeness (QED) is 0.692. The molecule has 0 aromatic carbocycles. The van der Waals surface area contributed by atoms with Gasteiger partial charge in [0.05, 0.1) is 0 Å². The molecule has 2 atom stereocenters. The number of hydrogen-bond donors (Lipinski definition) is 1. The van der Waals surface area contributed by atoms with Crippen molar-refractivity contribution in [3.63, 3.8) is 0 Å². The first kappa shape index (κ1) is 10.8. The van der Waals surface area contributed by atoms with Gasteiger partial charge in [-0.2, -0.15) is 0 Å². The van der Waals surface area contributed by atoms with E-state index in [0.717, 1.165) is 19.5 Å². The summed E-state index contributed by atoms with van der Waals surface area (Å²) in [4.78, 5) is 13.3. The molecule has 0 spiro atoms.